The maximum atomic E-state index is 11.0. The van der Waals surface area contributed by atoms with E-state index in [1.807, 2.05) is 20.8 Å². The molecule has 0 bridgehead atoms. The zero-order valence-electron chi connectivity index (χ0n) is 14.5. The summed E-state index contributed by atoms with van der Waals surface area (Å²) in [6.07, 6.45) is 0.996. The van der Waals surface area contributed by atoms with Gasteiger partial charge in [-0.25, -0.2) is 4.79 Å². The summed E-state index contributed by atoms with van der Waals surface area (Å²) in [5, 5.41) is 9.92. The van der Waals surface area contributed by atoms with Crippen molar-refractivity contribution in [3.63, 3.8) is 0 Å². The molecule has 0 aromatic carbocycles. The molecule has 2 atom stereocenters. The van der Waals surface area contributed by atoms with Gasteiger partial charge in [-0.2, -0.15) is 0 Å². The van der Waals surface area contributed by atoms with Crippen LogP contribution in [0.5, 0.6) is 0 Å². The summed E-state index contributed by atoms with van der Waals surface area (Å²) in [6, 6.07) is 0.636. The number of aliphatic hydroxyl groups excluding tert-OH is 1. The van der Waals surface area contributed by atoms with E-state index in [9.17, 15) is 9.90 Å². The molecule has 0 rings (SSSR count). The van der Waals surface area contributed by atoms with Crippen LogP contribution in [0.3, 0.4) is 0 Å². The van der Waals surface area contributed by atoms with Crippen LogP contribution in [0.4, 0.5) is 0 Å². The zero-order chi connectivity index (χ0) is 17.7. The smallest absolute Gasteiger partial charge is 0.460 e. The third kappa shape index (κ3) is 9.85. The normalized spacial score (nSPS) is 14.3. The molecule has 0 fully saturated rings. The molecule has 3 N–H and O–H groups in total. The molecular weight excluding hydrogens is 318 g/mol. The summed E-state index contributed by atoms with van der Waals surface area (Å²) in [4.78, 5) is 11.0. The number of esters is 1. The Labute approximate surface area is 140 Å². The summed E-state index contributed by atoms with van der Waals surface area (Å²) in [7, 11) is -2.81. The Balaban J connectivity index is 4.57. The maximum absolute atomic E-state index is 11.0. The van der Waals surface area contributed by atoms with Gasteiger partial charge in [-0.1, -0.05) is 6.58 Å². The Morgan fingerprint density at radius 1 is 1.35 bits per heavy atom. The van der Waals surface area contributed by atoms with Crippen LogP contribution in [0.15, 0.2) is 12.7 Å². The van der Waals surface area contributed by atoms with Crippen LogP contribution in [-0.4, -0.2) is 58.5 Å². The van der Waals surface area contributed by atoms with Gasteiger partial charge in [-0.15, -0.1) is 0 Å². The van der Waals surface area contributed by atoms with Crippen LogP contribution in [0.1, 0.15) is 33.6 Å². The quantitative estimate of drug-likeness (QED) is 0.276. The highest BCUT2D eigenvalue weighted by atomic mass is 28.4. The summed E-state index contributed by atoms with van der Waals surface area (Å²) in [6.45, 7) is 10.3. The lowest BCUT2D eigenvalue weighted by Crippen LogP contribution is -2.49. The first-order chi connectivity index (χ1) is 10.9. The SMILES string of the molecule is C=CC(=O)OCC(O)CC(C)O[Si](CCCN)(OCC)OCC. The number of carbonyl (C=O) groups excluding carboxylic acids is 1. The number of nitrogens with two attached hydrogens (primary N) is 1. The molecule has 2 unspecified atom stereocenters. The van der Waals surface area contributed by atoms with E-state index < -0.39 is 20.9 Å². The number of carbonyl (C=O) groups is 1. The highest BCUT2D eigenvalue weighted by Gasteiger charge is 2.41. The summed E-state index contributed by atoms with van der Waals surface area (Å²) in [5.74, 6) is -0.562. The standard InChI is InChI=1S/C15H31NO6Si/c1-5-15(18)19-12-14(17)11-13(4)22-23(20-6-2,21-7-3)10-8-9-16/h5,13-14,17H,1,6-12,16H2,2-4H3. The zero-order valence-corrected chi connectivity index (χ0v) is 15.5. The van der Waals surface area contributed by atoms with Crippen molar-refractivity contribution in [1.29, 1.82) is 0 Å². The minimum Gasteiger partial charge on any atom is -0.460 e. The summed E-state index contributed by atoms with van der Waals surface area (Å²) in [5.41, 5.74) is 5.58. The predicted octanol–water partition coefficient (Wildman–Crippen LogP) is 1.23. The highest BCUT2D eigenvalue weighted by Crippen LogP contribution is 2.21. The van der Waals surface area contributed by atoms with Gasteiger partial charge in [-0.3, -0.25) is 0 Å². The van der Waals surface area contributed by atoms with Gasteiger partial charge in [0.05, 0.1) is 6.10 Å². The summed E-state index contributed by atoms with van der Waals surface area (Å²) < 4.78 is 22.5. The molecule has 0 aromatic rings. The van der Waals surface area contributed by atoms with Crippen LogP contribution in [-0.2, 0) is 22.8 Å². The van der Waals surface area contributed by atoms with Crippen molar-refractivity contribution in [1.82, 2.24) is 0 Å². The Morgan fingerprint density at radius 2 is 1.96 bits per heavy atom. The fourth-order valence-electron chi connectivity index (χ4n) is 2.11. The number of rotatable bonds is 14. The minimum absolute atomic E-state index is 0.0980. The third-order valence-electron chi connectivity index (χ3n) is 2.98. The molecule has 0 amide bonds. The first kappa shape index (κ1) is 22.2. The van der Waals surface area contributed by atoms with Crippen molar-refractivity contribution in [3.8, 4) is 0 Å². The Hall–Kier alpha value is -0.773. The van der Waals surface area contributed by atoms with Crippen molar-refractivity contribution >= 4 is 14.8 Å². The number of aliphatic hydroxyl groups is 1. The van der Waals surface area contributed by atoms with E-state index >= 15 is 0 Å². The van der Waals surface area contributed by atoms with Crippen LogP contribution >= 0.6 is 0 Å². The van der Waals surface area contributed by atoms with Crippen molar-refractivity contribution < 1.29 is 27.9 Å². The van der Waals surface area contributed by atoms with E-state index in [-0.39, 0.29) is 12.7 Å². The average molecular weight is 350 g/mol. The van der Waals surface area contributed by atoms with Crippen LogP contribution < -0.4 is 5.73 Å². The van der Waals surface area contributed by atoms with Gasteiger partial charge in [0.1, 0.15) is 6.61 Å². The van der Waals surface area contributed by atoms with Crippen molar-refractivity contribution in [2.24, 2.45) is 5.73 Å². The van der Waals surface area contributed by atoms with Gasteiger partial charge < -0.3 is 28.9 Å². The molecule has 0 saturated carbocycles. The Kier molecular flexibility index (Phi) is 12.2. The van der Waals surface area contributed by atoms with E-state index in [0.29, 0.717) is 32.2 Å². The third-order valence-corrected chi connectivity index (χ3v) is 6.17. The highest BCUT2D eigenvalue weighted by molar-refractivity contribution is 6.60. The minimum atomic E-state index is -2.81. The molecule has 136 valence electrons. The summed E-state index contributed by atoms with van der Waals surface area (Å²) >= 11 is 0. The molecule has 8 heteroatoms. The van der Waals surface area contributed by atoms with Gasteiger partial charge in [0.2, 0.25) is 0 Å². The topological polar surface area (TPSA) is 100 Å². The lowest BCUT2D eigenvalue weighted by Gasteiger charge is -2.32. The van der Waals surface area contributed by atoms with Gasteiger partial charge in [0.25, 0.3) is 0 Å². The molecule has 0 aliphatic rings. The first-order valence-electron chi connectivity index (χ1n) is 8.06. The number of hydrogen-bond donors (Lipinski definition) is 2. The lowest BCUT2D eigenvalue weighted by atomic mass is 10.2. The maximum Gasteiger partial charge on any atom is 0.501 e. The van der Waals surface area contributed by atoms with E-state index in [1.54, 1.807) is 0 Å². The Morgan fingerprint density at radius 3 is 2.43 bits per heavy atom. The number of hydrogen-bond acceptors (Lipinski definition) is 7. The van der Waals surface area contributed by atoms with E-state index in [4.69, 9.17) is 23.7 Å². The fraction of sp³-hybridized carbons (Fsp3) is 0.800. The fourth-order valence-corrected chi connectivity index (χ4v) is 4.97. The molecule has 0 heterocycles. The van der Waals surface area contributed by atoms with Gasteiger partial charge in [0, 0.05) is 37.9 Å². The second kappa shape index (κ2) is 12.6. The molecule has 0 aliphatic heterocycles. The monoisotopic (exact) mass is 349 g/mol. The molecule has 7 nitrogen and oxygen atoms in total. The average Bonchev–Trinajstić information content (AvgIpc) is 2.50. The van der Waals surface area contributed by atoms with E-state index in [1.165, 1.54) is 0 Å². The molecule has 0 saturated heterocycles. The van der Waals surface area contributed by atoms with Crippen molar-refractivity contribution in [2.45, 2.75) is 51.9 Å². The van der Waals surface area contributed by atoms with Gasteiger partial charge >= 0.3 is 14.8 Å². The molecule has 23 heavy (non-hydrogen) atoms. The van der Waals surface area contributed by atoms with Gasteiger partial charge in [0.15, 0.2) is 0 Å². The van der Waals surface area contributed by atoms with Crippen molar-refractivity contribution in [2.75, 3.05) is 26.4 Å². The second-order valence-corrected chi connectivity index (χ2v) is 7.77. The largest absolute Gasteiger partial charge is 0.501 e. The van der Waals surface area contributed by atoms with Crippen LogP contribution in [0.2, 0.25) is 6.04 Å². The van der Waals surface area contributed by atoms with E-state index in [0.717, 1.165) is 12.5 Å². The van der Waals surface area contributed by atoms with Gasteiger partial charge in [-0.05, 0) is 33.7 Å². The van der Waals surface area contributed by atoms with Crippen LogP contribution in [0.25, 0.3) is 0 Å². The molecule has 0 spiro atoms. The second-order valence-electron chi connectivity index (χ2n) is 5.09. The van der Waals surface area contributed by atoms with E-state index in [2.05, 4.69) is 6.58 Å². The molecular formula is C15H31NO6Si. The number of ether oxygens (including phenoxy) is 1. The predicted molar refractivity (Wildman–Crippen MR) is 89.8 cm³/mol. The Bertz CT molecular complexity index is 336. The van der Waals surface area contributed by atoms with Crippen LogP contribution in [0, 0.1) is 0 Å². The van der Waals surface area contributed by atoms with Crippen molar-refractivity contribution in [3.05, 3.63) is 12.7 Å². The lowest BCUT2D eigenvalue weighted by molar-refractivity contribution is -0.141. The molecule has 0 radical (unpaired) electrons. The molecule has 0 aromatic heterocycles. The molecule has 0 aliphatic carbocycles. The first-order valence-corrected chi connectivity index (χ1v) is 9.99.